The molecule has 6 rings (SSSR count). The van der Waals surface area contributed by atoms with Crippen LogP contribution in [-0.2, 0) is 10.8 Å². The maximum Gasteiger partial charge on any atom is 0.0677 e. The lowest BCUT2D eigenvalue weighted by molar-refractivity contribution is 0.554. The van der Waals surface area contributed by atoms with Crippen LogP contribution >= 0.6 is 0 Å². The van der Waals surface area contributed by atoms with Crippen LogP contribution in [0.4, 0.5) is 11.4 Å². The molecule has 0 bridgehead atoms. The Kier molecular flexibility index (Phi) is 6.16. The number of rotatable bonds is 5. The van der Waals surface area contributed by atoms with Crippen LogP contribution in [0.25, 0.3) is 21.5 Å². The minimum absolute atomic E-state index is 0.0902. The molecule has 0 saturated heterocycles. The number of allylic oxidation sites excluding steroid dienone is 4. The summed E-state index contributed by atoms with van der Waals surface area (Å²) in [6.45, 7) is 22.0. The molecular weight excluding hydrogens is 496 g/mol. The van der Waals surface area contributed by atoms with Crippen molar-refractivity contribution in [2.45, 2.75) is 73.1 Å². The molecule has 0 unspecified atom stereocenters. The third-order valence-corrected chi connectivity index (χ3v) is 9.48. The molecule has 0 amide bonds. The largest absolute Gasteiger partial charge is 0.345 e. The molecule has 0 fully saturated rings. The van der Waals surface area contributed by atoms with Crippen LogP contribution < -0.4 is 4.90 Å². The van der Waals surface area contributed by atoms with Gasteiger partial charge in [-0.25, -0.2) is 0 Å². The predicted octanol–water partition coefficient (Wildman–Crippen LogP) is 10.7. The Hall–Kier alpha value is -3.65. The van der Waals surface area contributed by atoms with E-state index in [9.17, 15) is 0 Å². The Labute approximate surface area is 246 Å². The van der Waals surface area contributed by atoms with E-state index in [0.717, 1.165) is 12.2 Å². The molecule has 2 heteroatoms. The summed E-state index contributed by atoms with van der Waals surface area (Å²) in [6, 6.07) is 26.5. The summed E-state index contributed by atoms with van der Waals surface area (Å²) in [7, 11) is 0. The molecule has 4 aromatic carbocycles. The maximum absolute atomic E-state index is 5.28. The van der Waals surface area contributed by atoms with Crippen LogP contribution in [0.1, 0.15) is 73.4 Å². The molecule has 2 aliphatic rings. The van der Waals surface area contributed by atoms with Crippen molar-refractivity contribution in [3.05, 3.63) is 108 Å². The number of aliphatic imine (C=N–C) groups is 1. The fourth-order valence-electron chi connectivity index (χ4n) is 7.58. The van der Waals surface area contributed by atoms with Gasteiger partial charge >= 0.3 is 0 Å². The number of benzene rings is 4. The van der Waals surface area contributed by atoms with Crippen LogP contribution in [0.15, 0.2) is 102 Å². The molecule has 0 saturated carbocycles. The topological polar surface area (TPSA) is 15.6 Å². The van der Waals surface area contributed by atoms with Crippen molar-refractivity contribution in [2.75, 3.05) is 11.4 Å². The molecule has 0 spiro atoms. The summed E-state index contributed by atoms with van der Waals surface area (Å²) in [6.07, 6.45) is 7.31. The van der Waals surface area contributed by atoms with Gasteiger partial charge in [-0.3, -0.25) is 4.99 Å². The summed E-state index contributed by atoms with van der Waals surface area (Å²) < 4.78 is 0. The van der Waals surface area contributed by atoms with Crippen molar-refractivity contribution in [1.82, 2.24) is 0 Å². The lowest BCUT2D eigenvalue weighted by Gasteiger charge is -2.34. The van der Waals surface area contributed by atoms with Gasteiger partial charge in [0.15, 0.2) is 0 Å². The van der Waals surface area contributed by atoms with E-state index in [1.54, 1.807) is 0 Å². The number of hydrogen-bond acceptors (Lipinski definition) is 2. The molecule has 4 aromatic rings. The van der Waals surface area contributed by atoms with E-state index >= 15 is 0 Å². The summed E-state index contributed by atoms with van der Waals surface area (Å²) >= 11 is 0. The Morgan fingerprint density at radius 1 is 0.707 bits per heavy atom. The zero-order valence-electron chi connectivity index (χ0n) is 26.3. The fourth-order valence-corrected chi connectivity index (χ4v) is 7.58. The lowest BCUT2D eigenvalue weighted by Crippen LogP contribution is -2.36. The zero-order valence-corrected chi connectivity index (χ0v) is 26.3. The van der Waals surface area contributed by atoms with Crippen molar-refractivity contribution in [1.29, 1.82) is 0 Å². The summed E-state index contributed by atoms with van der Waals surface area (Å²) in [5.41, 5.74) is 7.28. The molecule has 2 heterocycles. The Balaban J connectivity index is 1.36. The lowest BCUT2D eigenvalue weighted by atomic mass is 9.69. The first-order chi connectivity index (χ1) is 19.3. The van der Waals surface area contributed by atoms with Crippen LogP contribution in [0.2, 0.25) is 0 Å². The van der Waals surface area contributed by atoms with Gasteiger partial charge in [-0.1, -0.05) is 134 Å². The van der Waals surface area contributed by atoms with Gasteiger partial charge in [0.05, 0.1) is 5.69 Å². The van der Waals surface area contributed by atoms with Gasteiger partial charge in [0.25, 0.3) is 0 Å². The maximum atomic E-state index is 5.28. The van der Waals surface area contributed by atoms with E-state index in [0.29, 0.717) is 0 Å². The Bertz CT molecular complexity index is 1770. The van der Waals surface area contributed by atoms with E-state index in [1.807, 2.05) is 0 Å². The van der Waals surface area contributed by atoms with Gasteiger partial charge in [-0.05, 0) is 51.7 Å². The van der Waals surface area contributed by atoms with Crippen molar-refractivity contribution in [3.63, 3.8) is 0 Å². The Morgan fingerprint density at radius 3 is 1.93 bits per heavy atom. The molecule has 41 heavy (non-hydrogen) atoms. The highest BCUT2D eigenvalue weighted by Crippen LogP contribution is 2.52. The SMILES string of the molecule is CCN1/C(=C\C(C)(C)/C=C/C(C)(C)C2=Nc3ccc4ccccc4c3C2(C)C)C(C)(C)c2c1ccc1ccccc21. The average molecular weight is 541 g/mol. The van der Waals surface area contributed by atoms with Gasteiger partial charge in [-0.2, -0.15) is 0 Å². The van der Waals surface area contributed by atoms with E-state index in [4.69, 9.17) is 4.99 Å². The van der Waals surface area contributed by atoms with Crippen molar-refractivity contribution in [2.24, 2.45) is 15.8 Å². The van der Waals surface area contributed by atoms with Gasteiger partial charge in [0, 0.05) is 45.3 Å². The van der Waals surface area contributed by atoms with Crippen LogP contribution in [0.3, 0.4) is 0 Å². The highest BCUT2D eigenvalue weighted by molar-refractivity contribution is 6.10. The first-order valence-corrected chi connectivity index (χ1v) is 15.1. The first kappa shape index (κ1) is 27.5. The van der Waals surface area contributed by atoms with Gasteiger partial charge in [-0.15, -0.1) is 0 Å². The summed E-state index contributed by atoms with van der Waals surface area (Å²) in [4.78, 5) is 7.80. The minimum Gasteiger partial charge on any atom is -0.345 e. The second kappa shape index (κ2) is 9.18. The molecular formula is C39H44N2. The van der Waals surface area contributed by atoms with Gasteiger partial charge < -0.3 is 4.90 Å². The molecule has 210 valence electrons. The highest BCUT2D eigenvalue weighted by atomic mass is 15.2. The number of anilines is 1. The second-order valence-electron chi connectivity index (χ2n) is 14.2. The van der Waals surface area contributed by atoms with E-state index in [-0.39, 0.29) is 21.7 Å². The third-order valence-electron chi connectivity index (χ3n) is 9.48. The summed E-state index contributed by atoms with van der Waals surface area (Å²) in [5, 5.41) is 5.27. The normalized spacial score (nSPS) is 18.9. The Morgan fingerprint density at radius 2 is 1.29 bits per heavy atom. The molecule has 0 aliphatic carbocycles. The monoisotopic (exact) mass is 540 g/mol. The summed E-state index contributed by atoms with van der Waals surface area (Å²) in [5.74, 6) is 0. The second-order valence-corrected chi connectivity index (χ2v) is 14.2. The zero-order chi connectivity index (χ0) is 29.4. The minimum atomic E-state index is -0.200. The number of hydrogen-bond donors (Lipinski definition) is 0. The quantitative estimate of drug-likeness (QED) is 0.230. The predicted molar refractivity (Wildman–Crippen MR) is 179 cm³/mol. The molecule has 2 aliphatic heterocycles. The van der Waals surface area contributed by atoms with Crippen molar-refractivity contribution in [3.8, 4) is 0 Å². The molecule has 0 aromatic heterocycles. The van der Waals surface area contributed by atoms with Crippen LogP contribution in [-0.4, -0.2) is 12.3 Å². The fraction of sp³-hybridized carbons (Fsp3) is 0.359. The smallest absolute Gasteiger partial charge is 0.0677 e. The average Bonchev–Trinajstić information content (AvgIpc) is 3.34. The third kappa shape index (κ3) is 4.26. The molecule has 2 nitrogen and oxygen atoms in total. The molecule has 0 N–H and O–H groups in total. The van der Waals surface area contributed by atoms with Crippen molar-refractivity contribution >= 4 is 38.6 Å². The van der Waals surface area contributed by atoms with Gasteiger partial charge in [0.2, 0.25) is 0 Å². The van der Waals surface area contributed by atoms with Crippen LogP contribution in [0.5, 0.6) is 0 Å². The van der Waals surface area contributed by atoms with Crippen molar-refractivity contribution < 1.29 is 0 Å². The first-order valence-electron chi connectivity index (χ1n) is 15.1. The van der Waals surface area contributed by atoms with E-state index in [2.05, 4.69) is 158 Å². The number of nitrogens with zero attached hydrogens (tertiary/aromatic N) is 2. The van der Waals surface area contributed by atoms with Gasteiger partial charge in [0.1, 0.15) is 0 Å². The number of likely N-dealkylation sites (N-methyl/N-ethyl adjacent to an activating group) is 1. The molecule has 0 atom stereocenters. The van der Waals surface area contributed by atoms with E-state index in [1.165, 1.54) is 49.8 Å². The van der Waals surface area contributed by atoms with Crippen LogP contribution in [0, 0.1) is 10.8 Å². The number of fused-ring (bicyclic) bond motifs is 6. The standard InChI is InChI=1S/C39H44N2/c1-10-41-31-22-20-27-16-12-14-18-29(27)34(31)38(6,7)32(41)25-36(2,3)23-24-37(4,5)35-39(8,9)33-28-17-13-11-15-26(28)19-21-30(33)40-35/h11-25H,10H2,1-9H3/b24-23+,32-25-. The highest BCUT2D eigenvalue weighted by Gasteiger charge is 2.44. The molecule has 0 radical (unpaired) electrons. The van der Waals surface area contributed by atoms with E-state index < -0.39 is 0 Å².